The number of hydrogen-bond donors (Lipinski definition) is 2. The third-order valence-electron chi connectivity index (χ3n) is 7.48. The maximum Gasteiger partial charge on any atom is 0.418 e. The second-order valence-corrected chi connectivity index (χ2v) is 10.0. The highest BCUT2D eigenvalue weighted by molar-refractivity contribution is 6.06. The summed E-state index contributed by atoms with van der Waals surface area (Å²) in [4.78, 5) is 67.0. The predicted molar refractivity (Wildman–Crippen MR) is 135 cm³/mol. The number of carbonyl (C=O) groups is 5. The lowest BCUT2D eigenvalue weighted by molar-refractivity contribution is -0.143. The number of anilines is 1. The molecule has 3 N–H and O–H groups in total. The van der Waals surface area contributed by atoms with Crippen molar-refractivity contribution in [3.8, 4) is 0 Å². The first-order valence-electron chi connectivity index (χ1n) is 12.6. The number of nitrogens with two attached hydrogens (primary N) is 1. The fraction of sp³-hybridized carbons (Fsp3) is 0.370. The topological polar surface area (TPSA) is 142 Å². The lowest BCUT2D eigenvalue weighted by Crippen LogP contribution is -2.48. The van der Waals surface area contributed by atoms with Gasteiger partial charge in [-0.1, -0.05) is 18.2 Å². The molecule has 3 aliphatic rings. The van der Waals surface area contributed by atoms with Crippen LogP contribution in [0, 0.1) is 5.82 Å². The van der Waals surface area contributed by atoms with E-state index in [1.165, 1.54) is 28.9 Å². The molecular weight excluding hydrogens is 509 g/mol. The number of nitrogens with zero attached hydrogens (tertiary/aromatic N) is 3. The molecule has 2 aromatic carbocycles. The molecule has 2 heterocycles. The molecule has 1 aliphatic carbocycles. The molecule has 204 valence electrons. The summed E-state index contributed by atoms with van der Waals surface area (Å²) in [6, 6.07) is 9.68. The number of ether oxygens (including phenoxy) is 1. The number of halogens is 1. The summed E-state index contributed by atoms with van der Waals surface area (Å²) in [6.45, 7) is 1.50. The van der Waals surface area contributed by atoms with Crippen molar-refractivity contribution in [3.05, 3.63) is 65.0 Å². The van der Waals surface area contributed by atoms with Crippen LogP contribution in [0.4, 0.5) is 19.7 Å². The molecule has 0 unspecified atom stereocenters. The highest BCUT2D eigenvalue weighted by atomic mass is 19.1. The average Bonchev–Trinajstić information content (AvgIpc) is 3.57. The van der Waals surface area contributed by atoms with Gasteiger partial charge in [-0.15, -0.1) is 0 Å². The Kier molecular flexibility index (Phi) is 6.71. The normalized spacial score (nSPS) is 21.7. The van der Waals surface area contributed by atoms with E-state index in [0.717, 1.165) is 10.5 Å². The number of aryl methyl sites for hydroxylation is 1. The summed E-state index contributed by atoms with van der Waals surface area (Å²) < 4.78 is 19.1. The van der Waals surface area contributed by atoms with Crippen LogP contribution in [-0.4, -0.2) is 70.2 Å². The van der Waals surface area contributed by atoms with Crippen molar-refractivity contribution in [2.24, 2.45) is 5.73 Å². The van der Waals surface area contributed by atoms with Crippen molar-refractivity contribution in [3.63, 3.8) is 0 Å². The Bertz CT molecular complexity index is 1360. The van der Waals surface area contributed by atoms with Gasteiger partial charge < -0.3 is 25.6 Å². The maximum atomic E-state index is 13.6. The van der Waals surface area contributed by atoms with E-state index in [1.54, 1.807) is 30.3 Å². The van der Waals surface area contributed by atoms with Crippen molar-refractivity contribution in [1.29, 1.82) is 0 Å². The number of amides is 6. The summed E-state index contributed by atoms with van der Waals surface area (Å²) in [5.74, 6) is -1.80. The Morgan fingerprint density at radius 3 is 2.59 bits per heavy atom. The molecule has 5 rings (SSSR count). The number of primary amides is 1. The molecule has 0 bridgehead atoms. The molecule has 2 aromatic rings. The molecule has 1 spiro atoms. The monoisotopic (exact) mass is 537 g/mol. The van der Waals surface area contributed by atoms with Crippen LogP contribution in [0.3, 0.4) is 0 Å². The van der Waals surface area contributed by atoms with E-state index in [4.69, 9.17) is 10.5 Å². The van der Waals surface area contributed by atoms with Crippen molar-refractivity contribution in [1.82, 2.24) is 14.7 Å². The number of nitrogens with one attached hydrogen (secondary N) is 1. The number of hydrogen-bond acceptors (Lipinski definition) is 6. The minimum absolute atomic E-state index is 0.0906. The third-order valence-corrected chi connectivity index (χ3v) is 7.48. The quantitative estimate of drug-likeness (QED) is 0.578. The van der Waals surface area contributed by atoms with Gasteiger partial charge in [-0.25, -0.2) is 18.9 Å². The molecule has 2 saturated heterocycles. The summed E-state index contributed by atoms with van der Waals surface area (Å²) in [5.41, 5.74) is 6.41. The van der Waals surface area contributed by atoms with Gasteiger partial charge >= 0.3 is 12.1 Å². The minimum Gasteiger partial charge on any atom is -0.427 e. The van der Waals surface area contributed by atoms with E-state index < -0.39 is 47.9 Å². The molecule has 6 amide bonds. The zero-order valence-electron chi connectivity index (χ0n) is 21.3. The number of urea groups is 1. The average molecular weight is 538 g/mol. The second kappa shape index (κ2) is 10.0. The largest absolute Gasteiger partial charge is 0.427 e. The molecule has 39 heavy (non-hydrogen) atoms. The molecule has 12 heteroatoms. The highest BCUT2D eigenvalue weighted by Crippen LogP contribution is 2.46. The number of benzene rings is 2. The van der Waals surface area contributed by atoms with E-state index >= 15 is 0 Å². The summed E-state index contributed by atoms with van der Waals surface area (Å²) in [5, 5.41) is 2.70. The Balaban J connectivity index is 1.37. The zero-order valence-corrected chi connectivity index (χ0v) is 21.3. The van der Waals surface area contributed by atoms with Crippen LogP contribution in [0.5, 0.6) is 0 Å². The maximum absolute atomic E-state index is 13.6. The van der Waals surface area contributed by atoms with E-state index in [1.807, 2.05) is 0 Å². The summed E-state index contributed by atoms with van der Waals surface area (Å²) in [7, 11) is 0. The Morgan fingerprint density at radius 1 is 1.18 bits per heavy atom. The molecule has 2 atom stereocenters. The summed E-state index contributed by atoms with van der Waals surface area (Å²) in [6.07, 6.45) is 0.212. The van der Waals surface area contributed by atoms with E-state index in [0.29, 0.717) is 36.2 Å². The van der Waals surface area contributed by atoms with Crippen LogP contribution < -0.4 is 11.1 Å². The number of imide groups is 1. The molecule has 2 aliphatic heterocycles. The van der Waals surface area contributed by atoms with Crippen LogP contribution in [0.15, 0.2) is 42.5 Å². The Labute approximate surface area is 223 Å². The molecule has 0 aromatic heterocycles. The van der Waals surface area contributed by atoms with Crippen LogP contribution in [0.25, 0.3) is 0 Å². The summed E-state index contributed by atoms with van der Waals surface area (Å²) >= 11 is 0. The molecule has 2 fully saturated rings. The highest BCUT2D eigenvalue weighted by Gasteiger charge is 2.58. The van der Waals surface area contributed by atoms with E-state index in [-0.39, 0.29) is 25.4 Å². The van der Waals surface area contributed by atoms with Gasteiger partial charge in [0.2, 0.25) is 17.4 Å². The fourth-order valence-corrected chi connectivity index (χ4v) is 5.56. The lowest BCUT2D eigenvalue weighted by atomic mass is 9.94. The first-order valence-corrected chi connectivity index (χ1v) is 12.6. The molecule has 0 saturated carbocycles. The van der Waals surface area contributed by atoms with Crippen molar-refractivity contribution >= 4 is 35.5 Å². The van der Waals surface area contributed by atoms with Crippen LogP contribution in [-0.2, 0) is 37.7 Å². The predicted octanol–water partition coefficient (Wildman–Crippen LogP) is 2.09. The smallest absolute Gasteiger partial charge is 0.418 e. The van der Waals surface area contributed by atoms with Crippen LogP contribution in [0.2, 0.25) is 0 Å². The molecular formula is C27H28FN5O6. The van der Waals surface area contributed by atoms with Gasteiger partial charge in [0.1, 0.15) is 12.4 Å². The van der Waals surface area contributed by atoms with Gasteiger partial charge in [0.25, 0.3) is 5.91 Å². The lowest BCUT2D eigenvalue weighted by Gasteiger charge is -2.30. The van der Waals surface area contributed by atoms with Crippen LogP contribution >= 0.6 is 0 Å². The molecule has 0 radical (unpaired) electrons. The van der Waals surface area contributed by atoms with Crippen molar-refractivity contribution in [2.75, 3.05) is 25.0 Å². The van der Waals surface area contributed by atoms with Gasteiger partial charge in [-0.05, 0) is 48.2 Å². The minimum atomic E-state index is -1.53. The first kappa shape index (κ1) is 26.1. The van der Waals surface area contributed by atoms with Gasteiger partial charge in [0.15, 0.2) is 0 Å². The Morgan fingerprint density at radius 2 is 1.92 bits per heavy atom. The van der Waals surface area contributed by atoms with Gasteiger partial charge in [-0.3, -0.25) is 14.4 Å². The number of rotatable bonds is 6. The third kappa shape index (κ3) is 4.89. The molecule has 11 nitrogen and oxygen atoms in total. The number of fused-ring (bicyclic) bond motifs is 2. The van der Waals surface area contributed by atoms with Gasteiger partial charge in [-0.2, -0.15) is 0 Å². The number of carbonyl (C=O) groups excluding carboxylic acids is 5. The van der Waals surface area contributed by atoms with E-state index in [2.05, 4.69) is 5.32 Å². The van der Waals surface area contributed by atoms with Gasteiger partial charge in [0.05, 0.1) is 6.04 Å². The second-order valence-electron chi connectivity index (χ2n) is 10.0. The first-order chi connectivity index (χ1) is 18.6. The van der Waals surface area contributed by atoms with E-state index in [9.17, 15) is 28.4 Å². The van der Waals surface area contributed by atoms with Crippen molar-refractivity contribution in [2.45, 2.75) is 44.4 Å². The van der Waals surface area contributed by atoms with Crippen molar-refractivity contribution < 1.29 is 33.1 Å². The zero-order chi connectivity index (χ0) is 27.9. The van der Waals surface area contributed by atoms with Gasteiger partial charge in [0, 0.05) is 44.2 Å². The van der Waals surface area contributed by atoms with Crippen LogP contribution in [0.1, 0.15) is 36.5 Å². The Hall–Kier alpha value is -4.48. The fourth-order valence-electron chi connectivity index (χ4n) is 5.56. The standard InChI is InChI=1S/C27H28FN5O6/c1-16(34)30-20-6-7-22-18(12-20)8-10-27(22)24(36)33(26(38)39-27)15-23(35)32(13-17-2-4-19(28)5-3-17)21-9-11-31(14-21)25(29)37/h2-7,12,21H,8-11,13-15H2,1H3,(H2,29,37)(H,30,34)/t21-,27-/m1/s1. The SMILES string of the molecule is CC(=O)Nc1ccc2c(c1)CC[C@@]21OC(=O)N(CC(=O)N(Cc2ccc(F)cc2)[C@@H]2CCN(C(N)=O)C2)C1=O. The number of likely N-dealkylation sites (tertiary alicyclic amines) is 1.